The van der Waals surface area contributed by atoms with E-state index >= 15 is 0 Å². The van der Waals surface area contributed by atoms with Crippen LogP contribution in [0.5, 0.6) is 11.6 Å². The number of methoxy groups -OCH3 is 1. The molecule has 8 nitrogen and oxygen atoms in total. The van der Waals surface area contributed by atoms with E-state index in [1.165, 1.54) is 11.3 Å². The summed E-state index contributed by atoms with van der Waals surface area (Å²) in [4.78, 5) is 13.8. The highest BCUT2D eigenvalue weighted by molar-refractivity contribution is 7.86. The van der Waals surface area contributed by atoms with Gasteiger partial charge in [0, 0.05) is 17.5 Å². The number of aromatic nitrogens is 3. The molecule has 0 spiro atoms. The lowest BCUT2D eigenvalue weighted by Crippen LogP contribution is -2.21. The van der Waals surface area contributed by atoms with Crippen LogP contribution in [-0.2, 0) is 20.7 Å². The van der Waals surface area contributed by atoms with Crippen LogP contribution in [0.4, 0.5) is 0 Å². The lowest BCUT2D eigenvalue weighted by molar-refractivity contribution is 0.0322. The van der Waals surface area contributed by atoms with E-state index in [0.29, 0.717) is 18.1 Å². The van der Waals surface area contributed by atoms with E-state index in [2.05, 4.69) is 9.97 Å². The van der Waals surface area contributed by atoms with E-state index in [1.54, 1.807) is 19.4 Å². The van der Waals surface area contributed by atoms with Gasteiger partial charge in [-0.1, -0.05) is 0 Å². The first-order valence-corrected chi connectivity index (χ1v) is 11.7. The van der Waals surface area contributed by atoms with Crippen molar-refractivity contribution in [2.24, 2.45) is 0 Å². The fraction of sp³-hybridized carbons (Fsp3) is 0.250. The molecule has 5 rings (SSSR count). The summed E-state index contributed by atoms with van der Waals surface area (Å²) in [5, 5.41) is 0.805. The molecule has 0 aliphatic carbocycles. The molecule has 30 heavy (non-hydrogen) atoms. The van der Waals surface area contributed by atoms with Gasteiger partial charge >= 0.3 is 0 Å². The molecule has 1 atom stereocenters. The van der Waals surface area contributed by atoms with Crippen LogP contribution in [0.15, 0.2) is 30.5 Å². The maximum atomic E-state index is 11.5. The third-order valence-corrected chi connectivity index (χ3v) is 6.47. The molecule has 0 N–H and O–H groups in total. The van der Waals surface area contributed by atoms with Crippen molar-refractivity contribution < 1.29 is 22.1 Å². The second-order valence-corrected chi connectivity index (χ2v) is 9.65. The average molecular weight is 444 g/mol. The Bertz CT molecular complexity index is 1420. The van der Waals surface area contributed by atoms with Gasteiger partial charge in [-0.2, -0.15) is 8.42 Å². The van der Waals surface area contributed by atoms with Crippen molar-refractivity contribution in [2.45, 2.75) is 19.6 Å². The molecule has 154 valence electrons. The summed E-state index contributed by atoms with van der Waals surface area (Å²) < 4.78 is 39.7. The number of aryl methyl sites for hydroxylation is 1. The van der Waals surface area contributed by atoms with Crippen LogP contribution >= 0.6 is 11.3 Å². The molecule has 0 fully saturated rings. The topological polar surface area (TPSA) is 101 Å². The van der Waals surface area contributed by atoms with Crippen LogP contribution in [0, 0.1) is 6.92 Å². The Hall–Kier alpha value is -2.82. The van der Waals surface area contributed by atoms with Gasteiger partial charge in [0.1, 0.15) is 10.8 Å². The molecule has 0 amide bonds. The van der Waals surface area contributed by atoms with E-state index in [-0.39, 0.29) is 0 Å². The molecule has 10 heteroatoms. The standard InChI is InChI=1S/C20H17N3O5S2/c1-10-6-12(18-14(7-10)22-16(26-2)9-21-18)20-23-13-4-5-15-11(19(13)29-20)8-17(27-15)28-30(3,24)25/h4-7,9,17H,8H2,1-3H3. The van der Waals surface area contributed by atoms with Gasteiger partial charge in [0.05, 0.1) is 40.8 Å². The second kappa shape index (κ2) is 6.86. The van der Waals surface area contributed by atoms with Crippen molar-refractivity contribution in [2.75, 3.05) is 13.4 Å². The highest BCUT2D eigenvalue weighted by atomic mass is 32.2. The third-order valence-electron chi connectivity index (χ3n) is 4.74. The number of thiazole rings is 1. The molecule has 0 radical (unpaired) electrons. The summed E-state index contributed by atoms with van der Waals surface area (Å²) in [5.74, 6) is 1.07. The predicted octanol–water partition coefficient (Wildman–Crippen LogP) is 3.46. The van der Waals surface area contributed by atoms with E-state index < -0.39 is 16.4 Å². The minimum atomic E-state index is -3.61. The number of hydrogen-bond acceptors (Lipinski definition) is 9. The van der Waals surface area contributed by atoms with Crippen LogP contribution in [0.1, 0.15) is 11.1 Å². The number of fused-ring (bicyclic) bond motifs is 4. The maximum Gasteiger partial charge on any atom is 0.267 e. The Labute approximate surface area is 176 Å². The van der Waals surface area contributed by atoms with Crippen LogP contribution in [0.2, 0.25) is 0 Å². The Kier molecular flexibility index (Phi) is 4.38. The Balaban J connectivity index is 1.62. The molecule has 0 bridgehead atoms. The van der Waals surface area contributed by atoms with Gasteiger partial charge in [-0.15, -0.1) is 11.3 Å². The van der Waals surface area contributed by atoms with Crippen molar-refractivity contribution in [3.63, 3.8) is 0 Å². The summed E-state index contributed by atoms with van der Waals surface area (Å²) in [5.41, 5.74) is 5.11. The lowest BCUT2D eigenvalue weighted by Gasteiger charge is -2.08. The summed E-state index contributed by atoms with van der Waals surface area (Å²) in [6.07, 6.45) is 2.09. The van der Waals surface area contributed by atoms with Gasteiger partial charge in [-0.25, -0.2) is 19.1 Å². The van der Waals surface area contributed by atoms with Gasteiger partial charge in [-0.3, -0.25) is 0 Å². The predicted molar refractivity (Wildman–Crippen MR) is 113 cm³/mol. The number of hydrogen-bond donors (Lipinski definition) is 0. The quantitative estimate of drug-likeness (QED) is 0.442. The SMILES string of the molecule is COc1cnc2c(-c3nc4ccc5c(c4s3)CC(OS(C)(=O)=O)O5)cc(C)cc2n1. The fourth-order valence-electron chi connectivity index (χ4n) is 3.56. The summed E-state index contributed by atoms with van der Waals surface area (Å²) >= 11 is 1.51. The molecule has 0 saturated heterocycles. The zero-order chi connectivity index (χ0) is 21.0. The highest BCUT2D eigenvalue weighted by Gasteiger charge is 2.29. The van der Waals surface area contributed by atoms with Gasteiger partial charge in [-0.05, 0) is 36.8 Å². The first kappa shape index (κ1) is 19.2. The zero-order valence-electron chi connectivity index (χ0n) is 16.4. The van der Waals surface area contributed by atoms with Crippen molar-refractivity contribution in [1.82, 2.24) is 15.0 Å². The van der Waals surface area contributed by atoms with Gasteiger partial charge in [0.2, 0.25) is 12.2 Å². The minimum absolute atomic E-state index is 0.340. The smallest absolute Gasteiger partial charge is 0.267 e. The lowest BCUT2D eigenvalue weighted by atomic mass is 10.1. The molecule has 1 aliphatic heterocycles. The van der Waals surface area contributed by atoms with Crippen molar-refractivity contribution >= 4 is 42.7 Å². The molecular formula is C20H17N3O5S2. The molecule has 1 unspecified atom stereocenters. The number of benzene rings is 2. The van der Waals surface area contributed by atoms with E-state index in [4.69, 9.17) is 18.6 Å². The molecule has 3 heterocycles. The Morgan fingerprint density at radius 2 is 2.03 bits per heavy atom. The third kappa shape index (κ3) is 3.36. The average Bonchev–Trinajstić information content (AvgIpc) is 3.28. The second-order valence-electron chi connectivity index (χ2n) is 7.05. The molecular weight excluding hydrogens is 426 g/mol. The normalized spacial score (nSPS) is 16.0. The summed E-state index contributed by atoms with van der Waals surface area (Å²) in [7, 11) is -2.05. The Morgan fingerprint density at radius 3 is 2.80 bits per heavy atom. The molecule has 1 aliphatic rings. The number of rotatable bonds is 4. The number of ether oxygens (including phenoxy) is 2. The zero-order valence-corrected chi connectivity index (χ0v) is 18.0. The molecule has 0 saturated carbocycles. The first-order chi connectivity index (χ1) is 14.3. The van der Waals surface area contributed by atoms with Crippen LogP contribution in [-0.4, -0.2) is 43.0 Å². The van der Waals surface area contributed by atoms with E-state index in [9.17, 15) is 8.42 Å². The van der Waals surface area contributed by atoms with E-state index in [1.807, 2.05) is 25.1 Å². The van der Waals surface area contributed by atoms with Gasteiger partial charge in [0.15, 0.2) is 0 Å². The summed E-state index contributed by atoms with van der Waals surface area (Å²) in [6, 6.07) is 7.66. The van der Waals surface area contributed by atoms with Gasteiger partial charge < -0.3 is 9.47 Å². The highest BCUT2D eigenvalue weighted by Crippen LogP contribution is 2.42. The molecule has 4 aromatic rings. The van der Waals surface area contributed by atoms with E-state index in [0.717, 1.165) is 49.2 Å². The monoisotopic (exact) mass is 443 g/mol. The van der Waals surface area contributed by atoms with Crippen molar-refractivity contribution in [1.29, 1.82) is 0 Å². The van der Waals surface area contributed by atoms with Crippen LogP contribution in [0.25, 0.3) is 31.8 Å². The number of nitrogens with zero attached hydrogens (tertiary/aromatic N) is 3. The summed E-state index contributed by atoms with van der Waals surface area (Å²) in [6.45, 7) is 2.00. The first-order valence-electron chi connectivity index (χ1n) is 9.10. The van der Waals surface area contributed by atoms with Crippen LogP contribution < -0.4 is 9.47 Å². The molecule has 2 aromatic heterocycles. The van der Waals surface area contributed by atoms with Crippen molar-refractivity contribution in [3.05, 3.63) is 41.6 Å². The molecule has 2 aromatic carbocycles. The largest absolute Gasteiger partial charge is 0.480 e. The Morgan fingerprint density at radius 1 is 1.20 bits per heavy atom. The minimum Gasteiger partial charge on any atom is -0.480 e. The van der Waals surface area contributed by atoms with Crippen LogP contribution in [0.3, 0.4) is 0 Å². The van der Waals surface area contributed by atoms with Gasteiger partial charge in [0.25, 0.3) is 10.1 Å². The van der Waals surface area contributed by atoms with Crippen molar-refractivity contribution in [3.8, 4) is 22.2 Å². The fourth-order valence-corrected chi connectivity index (χ4v) is 5.18. The maximum absolute atomic E-state index is 11.5.